The van der Waals surface area contributed by atoms with Gasteiger partial charge < -0.3 is 19.9 Å². The number of aromatic hydroxyl groups is 1. The maximum atomic E-state index is 11.4. The van der Waals surface area contributed by atoms with E-state index in [1.807, 2.05) is 32.0 Å². The zero-order valence-electron chi connectivity index (χ0n) is 16.0. The van der Waals surface area contributed by atoms with Crippen LogP contribution in [0.15, 0.2) is 30.3 Å². The first kappa shape index (κ1) is 18.5. The minimum atomic E-state index is -0.112. The van der Waals surface area contributed by atoms with Crippen LogP contribution in [0.5, 0.6) is 17.2 Å². The van der Waals surface area contributed by atoms with E-state index >= 15 is 0 Å². The van der Waals surface area contributed by atoms with Gasteiger partial charge in [0.2, 0.25) is 11.7 Å². The van der Waals surface area contributed by atoms with E-state index in [2.05, 4.69) is 5.32 Å². The number of carbonyl (C=O) groups is 1. The molecule has 2 aromatic carbocycles. The van der Waals surface area contributed by atoms with E-state index in [9.17, 15) is 9.90 Å². The van der Waals surface area contributed by atoms with Crippen molar-refractivity contribution in [2.75, 3.05) is 19.5 Å². The zero-order chi connectivity index (χ0) is 19.7. The lowest BCUT2D eigenvalue weighted by molar-refractivity contribution is -0.114. The van der Waals surface area contributed by atoms with Gasteiger partial charge in [0.1, 0.15) is 0 Å². The molecule has 0 aliphatic heterocycles. The number of amides is 1. The Bertz CT molecular complexity index is 1020. The number of anilines is 1. The molecule has 1 amide bonds. The van der Waals surface area contributed by atoms with Crippen molar-refractivity contribution in [3.05, 3.63) is 41.5 Å². The molecule has 0 aliphatic rings. The van der Waals surface area contributed by atoms with Crippen LogP contribution in [0.4, 0.5) is 5.69 Å². The number of fused-ring (bicyclic) bond motifs is 1. The van der Waals surface area contributed by atoms with E-state index in [1.165, 1.54) is 21.1 Å². The molecular formula is C21H22N2O4. The number of hydrogen-bond acceptors (Lipinski definition) is 5. The summed E-state index contributed by atoms with van der Waals surface area (Å²) in [6.07, 6.45) is 0. The van der Waals surface area contributed by atoms with Crippen LogP contribution >= 0.6 is 0 Å². The molecule has 0 bridgehead atoms. The van der Waals surface area contributed by atoms with Gasteiger partial charge in [-0.1, -0.05) is 0 Å². The number of methoxy groups -OCH3 is 2. The van der Waals surface area contributed by atoms with E-state index in [-0.39, 0.29) is 11.7 Å². The molecule has 0 saturated carbocycles. The average molecular weight is 366 g/mol. The van der Waals surface area contributed by atoms with Crippen molar-refractivity contribution in [1.82, 2.24) is 4.98 Å². The van der Waals surface area contributed by atoms with Gasteiger partial charge in [-0.3, -0.25) is 4.79 Å². The predicted molar refractivity (Wildman–Crippen MR) is 106 cm³/mol. The molecule has 6 nitrogen and oxygen atoms in total. The van der Waals surface area contributed by atoms with E-state index in [0.29, 0.717) is 11.5 Å². The van der Waals surface area contributed by atoms with Crippen LogP contribution in [-0.4, -0.2) is 30.2 Å². The maximum absolute atomic E-state index is 11.4. The minimum absolute atomic E-state index is 0.0441. The highest BCUT2D eigenvalue weighted by atomic mass is 16.5. The zero-order valence-corrected chi connectivity index (χ0v) is 16.0. The van der Waals surface area contributed by atoms with Crippen LogP contribution in [0.3, 0.4) is 0 Å². The Morgan fingerprint density at radius 1 is 1.00 bits per heavy atom. The third-order valence-corrected chi connectivity index (χ3v) is 4.41. The number of benzene rings is 2. The number of carbonyl (C=O) groups excluding carboxylic acids is 1. The SMILES string of the molecule is COc1cc(-c2cc(C)c3cc(NC(C)=O)cc(C)c3n2)cc(OC)c1O. The summed E-state index contributed by atoms with van der Waals surface area (Å²) < 4.78 is 10.5. The van der Waals surface area contributed by atoms with Crippen molar-refractivity contribution in [1.29, 1.82) is 0 Å². The lowest BCUT2D eigenvalue weighted by Crippen LogP contribution is -2.06. The van der Waals surface area contributed by atoms with Crippen molar-refractivity contribution in [2.24, 2.45) is 0 Å². The fraction of sp³-hybridized carbons (Fsp3) is 0.238. The van der Waals surface area contributed by atoms with Crippen LogP contribution in [0.1, 0.15) is 18.1 Å². The lowest BCUT2D eigenvalue weighted by Gasteiger charge is -2.14. The molecule has 0 spiro atoms. The molecule has 0 radical (unpaired) electrons. The Morgan fingerprint density at radius 2 is 1.63 bits per heavy atom. The van der Waals surface area contributed by atoms with E-state index in [1.54, 1.807) is 12.1 Å². The summed E-state index contributed by atoms with van der Waals surface area (Å²) in [5.74, 6) is 0.486. The smallest absolute Gasteiger partial charge is 0.221 e. The third-order valence-electron chi connectivity index (χ3n) is 4.41. The Morgan fingerprint density at radius 3 is 2.19 bits per heavy atom. The fourth-order valence-corrected chi connectivity index (χ4v) is 3.13. The average Bonchev–Trinajstić information content (AvgIpc) is 2.62. The summed E-state index contributed by atoms with van der Waals surface area (Å²) in [7, 11) is 2.98. The van der Waals surface area contributed by atoms with Crippen LogP contribution in [0.2, 0.25) is 0 Å². The number of phenols is 1. The normalized spacial score (nSPS) is 10.7. The van der Waals surface area contributed by atoms with Gasteiger partial charge in [-0.25, -0.2) is 4.98 Å². The van der Waals surface area contributed by atoms with Gasteiger partial charge in [-0.15, -0.1) is 0 Å². The van der Waals surface area contributed by atoms with Crippen LogP contribution < -0.4 is 14.8 Å². The van der Waals surface area contributed by atoms with Gasteiger partial charge in [-0.2, -0.15) is 0 Å². The summed E-state index contributed by atoms with van der Waals surface area (Å²) in [5.41, 5.74) is 5.10. The number of nitrogens with one attached hydrogen (secondary N) is 1. The first-order valence-electron chi connectivity index (χ1n) is 8.49. The number of aromatic nitrogens is 1. The number of hydrogen-bond donors (Lipinski definition) is 2. The molecule has 0 unspecified atom stereocenters. The molecular weight excluding hydrogens is 344 g/mol. The number of ether oxygens (including phenoxy) is 2. The Balaban J connectivity index is 2.20. The molecule has 0 atom stereocenters. The number of pyridine rings is 1. The van der Waals surface area contributed by atoms with Crippen molar-refractivity contribution in [2.45, 2.75) is 20.8 Å². The number of phenolic OH excluding ortho intramolecular Hbond substituents is 1. The highest BCUT2D eigenvalue weighted by Gasteiger charge is 2.15. The maximum Gasteiger partial charge on any atom is 0.221 e. The van der Waals surface area contributed by atoms with E-state index in [4.69, 9.17) is 14.5 Å². The molecule has 140 valence electrons. The van der Waals surface area contributed by atoms with Crippen LogP contribution in [-0.2, 0) is 4.79 Å². The van der Waals surface area contributed by atoms with Gasteiger partial charge in [-0.05, 0) is 55.3 Å². The van der Waals surface area contributed by atoms with Crippen molar-refractivity contribution in [3.63, 3.8) is 0 Å². The largest absolute Gasteiger partial charge is 0.502 e. The first-order chi connectivity index (χ1) is 12.8. The molecule has 1 aromatic heterocycles. The molecule has 3 rings (SSSR count). The monoisotopic (exact) mass is 366 g/mol. The predicted octanol–water partition coefficient (Wildman–Crippen LogP) is 4.20. The van der Waals surface area contributed by atoms with Crippen molar-refractivity contribution in [3.8, 4) is 28.5 Å². The molecule has 0 saturated heterocycles. The second-order valence-electron chi connectivity index (χ2n) is 6.42. The summed E-state index contributed by atoms with van der Waals surface area (Å²) in [6, 6.07) is 9.25. The van der Waals surface area contributed by atoms with Crippen LogP contribution in [0, 0.1) is 13.8 Å². The van der Waals surface area contributed by atoms with Gasteiger partial charge in [0.25, 0.3) is 0 Å². The lowest BCUT2D eigenvalue weighted by atomic mass is 10.0. The number of nitrogens with zero attached hydrogens (tertiary/aromatic N) is 1. The van der Waals surface area contributed by atoms with Gasteiger partial charge in [0.05, 0.1) is 25.4 Å². The summed E-state index contributed by atoms with van der Waals surface area (Å²) >= 11 is 0. The fourth-order valence-electron chi connectivity index (χ4n) is 3.13. The Kier molecular flexibility index (Phi) is 4.90. The number of rotatable bonds is 4. The van der Waals surface area contributed by atoms with E-state index in [0.717, 1.165) is 39.0 Å². The molecule has 2 N–H and O–H groups in total. The summed E-state index contributed by atoms with van der Waals surface area (Å²) in [4.78, 5) is 16.2. The topological polar surface area (TPSA) is 80.7 Å². The van der Waals surface area contributed by atoms with E-state index < -0.39 is 0 Å². The summed E-state index contributed by atoms with van der Waals surface area (Å²) in [5, 5.41) is 13.9. The summed E-state index contributed by atoms with van der Waals surface area (Å²) in [6.45, 7) is 5.45. The van der Waals surface area contributed by atoms with Crippen LogP contribution in [0.25, 0.3) is 22.2 Å². The Hall–Kier alpha value is -3.28. The van der Waals surface area contributed by atoms with Gasteiger partial charge >= 0.3 is 0 Å². The third kappa shape index (κ3) is 3.51. The van der Waals surface area contributed by atoms with Crippen molar-refractivity contribution < 1.29 is 19.4 Å². The van der Waals surface area contributed by atoms with Gasteiger partial charge in [0, 0.05) is 23.6 Å². The molecule has 0 fully saturated rings. The molecule has 1 heterocycles. The molecule has 3 aromatic rings. The second-order valence-corrected chi connectivity index (χ2v) is 6.42. The number of aryl methyl sites for hydroxylation is 2. The van der Waals surface area contributed by atoms with Crippen molar-refractivity contribution >= 4 is 22.5 Å². The molecule has 6 heteroatoms. The second kappa shape index (κ2) is 7.15. The molecule has 0 aliphatic carbocycles. The highest BCUT2D eigenvalue weighted by Crippen LogP contribution is 2.40. The quantitative estimate of drug-likeness (QED) is 0.723. The standard InChI is InChI=1S/C21H22N2O4/c1-11-7-17(14-8-18(26-4)21(25)19(9-14)27-5)23-20-12(2)6-15(10-16(11)20)22-13(3)24/h6-10,25H,1-5H3,(H,22,24). The Labute approximate surface area is 157 Å². The first-order valence-corrected chi connectivity index (χ1v) is 8.49. The molecule has 27 heavy (non-hydrogen) atoms. The minimum Gasteiger partial charge on any atom is -0.502 e. The highest BCUT2D eigenvalue weighted by molar-refractivity contribution is 5.95. The van der Waals surface area contributed by atoms with Gasteiger partial charge in [0.15, 0.2) is 11.5 Å².